The molecule has 0 unspecified atom stereocenters. The molecular weight excluding hydrogens is 634 g/mol. The number of fused-ring (bicyclic) bond motifs is 2. The predicted octanol–water partition coefficient (Wildman–Crippen LogP) is 8.58. The van der Waals surface area contributed by atoms with E-state index in [9.17, 15) is 28.3 Å². The van der Waals surface area contributed by atoms with Gasteiger partial charge in [-0.3, -0.25) is 10.6 Å². The lowest BCUT2D eigenvalue weighted by Crippen LogP contribution is -2.27. The van der Waals surface area contributed by atoms with Crippen molar-refractivity contribution in [3.63, 3.8) is 0 Å². The van der Waals surface area contributed by atoms with E-state index in [-0.39, 0.29) is 42.2 Å². The fourth-order valence-corrected chi connectivity index (χ4v) is 5.00. The number of benzene rings is 2. The molecule has 0 saturated heterocycles. The number of hydrogen-bond acceptors (Lipinski definition) is 12. The molecular formula is C29H34F2N4O8S2. The van der Waals surface area contributed by atoms with Crippen molar-refractivity contribution in [2.75, 3.05) is 10.6 Å². The minimum absolute atomic E-state index is 0.0316. The largest absolute Gasteiger partial charge is 0.514 e. The number of hydrogen-bond donors (Lipinski definition) is 3. The molecule has 2 heterocycles. The van der Waals surface area contributed by atoms with Crippen LogP contribution in [0, 0.1) is 11.6 Å². The Morgan fingerprint density at radius 3 is 1.56 bits per heavy atom. The lowest BCUT2D eigenvalue weighted by Gasteiger charge is -2.19. The van der Waals surface area contributed by atoms with E-state index in [2.05, 4.69) is 20.6 Å². The van der Waals surface area contributed by atoms with Gasteiger partial charge >= 0.3 is 18.3 Å². The van der Waals surface area contributed by atoms with Gasteiger partial charge in [0, 0.05) is 0 Å². The third-order valence-corrected chi connectivity index (χ3v) is 6.69. The molecule has 4 aromatic rings. The van der Waals surface area contributed by atoms with E-state index in [0.29, 0.717) is 0 Å². The number of nitrogens with zero attached hydrogens (tertiary/aromatic N) is 2. The van der Waals surface area contributed by atoms with Gasteiger partial charge < -0.3 is 24.1 Å². The average molecular weight is 669 g/mol. The Morgan fingerprint density at radius 1 is 0.689 bits per heavy atom. The molecule has 2 amide bonds. The van der Waals surface area contributed by atoms with Crippen LogP contribution in [0.2, 0.25) is 0 Å². The van der Waals surface area contributed by atoms with Crippen LogP contribution in [-0.4, -0.2) is 50.2 Å². The van der Waals surface area contributed by atoms with Gasteiger partial charge in [0.1, 0.15) is 45.2 Å². The summed E-state index contributed by atoms with van der Waals surface area (Å²) in [6, 6.07) is 4.79. The highest BCUT2D eigenvalue weighted by Crippen LogP contribution is 2.36. The first-order chi connectivity index (χ1) is 20.6. The molecule has 2 aromatic heterocycles. The number of ether oxygens (including phenoxy) is 4. The number of carbonyl (C=O) groups excluding carboxylic acids is 3. The van der Waals surface area contributed by atoms with E-state index in [1.807, 2.05) is 0 Å². The van der Waals surface area contributed by atoms with Crippen LogP contribution < -0.4 is 15.4 Å². The van der Waals surface area contributed by atoms with Crippen LogP contribution in [0.3, 0.4) is 0 Å². The van der Waals surface area contributed by atoms with Gasteiger partial charge in [-0.25, -0.2) is 33.1 Å². The van der Waals surface area contributed by atoms with Crippen LogP contribution in [0.4, 0.5) is 33.4 Å². The maximum Gasteiger partial charge on any atom is 0.514 e. The first-order valence-corrected chi connectivity index (χ1v) is 15.0. The fourth-order valence-electron chi connectivity index (χ4n) is 3.25. The highest BCUT2D eigenvalue weighted by Gasteiger charge is 2.23. The minimum atomic E-state index is -0.931. The van der Waals surface area contributed by atoms with Gasteiger partial charge in [-0.1, -0.05) is 22.7 Å². The normalized spacial score (nSPS) is 11.8. The maximum atomic E-state index is 14.1. The van der Waals surface area contributed by atoms with E-state index < -0.39 is 46.8 Å². The number of halogens is 2. The van der Waals surface area contributed by atoms with Crippen LogP contribution in [0.1, 0.15) is 62.3 Å². The first-order valence-electron chi connectivity index (χ1n) is 13.4. The summed E-state index contributed by atoms with van der Waals surface area (Å²) in [5, 5.41) is 14.7. The van der Waals surface area contributed by atoms with Crippen molar-refractivity contribution in [1.82, 2.24) is 9.97 Å². The van der Waals surface area contributed by atoms with E-state index in [1.54, 1.807) is 62.3 Å². The van der Waals surface area contributed by atoms with Crippen molar-refractivity contribution in [2.45, 2.75) is 79.1 Å². The van der Waals surface area contributed by atoms with Crippen LogP contribution >= 0.6 is 22.7 Å². The molecule has 3 N–H and O–H groups in total. The Bertz CT molecular complexity index is 1680. The molecule has 0 aliphatic rings. The number of rotatable bonds is 3. The number of anilines is 2. The molecule has 0 radical (unpaired) electrons. The molecule has 0 bridgehead atoms. The second-order valence-electron chi connectivity index (χ2n) is 12.3. The monoisotopic (exact) mass is 668 g/mol. The molecule has 4 rings (SSSR count). The van der Waals surface area contributed by atoms with Crippen molar-refractivity contribution in [3.05, 3.63) is 35.9 Å². The van der Waals surface area contributed by atoms with Crippen molar-refractivity contribution in [3.8, 4) is 11.5 Å². The van der Waals surface area contributed by atoms with Crippen LogP contribution in [-0.2, 0) is 14.2 Å². The minimum Gasteiger partial charge on any atom is -0.506 e. The maximum absolute atomic E-state index is 14.1. The van der Waals surface area contributed by atoms with Crippen molar-refractivity contribution < 1.29 is 47.2 Å². The molecule has 16 heteroatoms. The van der Waals surface area contributed by atoms with Gasteiger partial charge in [0.2, 0.25) is 0 Å². The Labute approximate surface area is 265 Å². The van der Waals surface area contributed by atoms with Crippen LogP contribution in [0.15, 0.2) is 24.3 Å². The Morgan fingerprint density at radius 2 is 1.11 bits per heavy atom. The smallest absolute Gasteiger partial charge is 0.506 e. The molecule has 0 spiro atoms. The second-order valence-corrected chi connectivity index (χ2v) is 14.3. The quantitative estimate of drug-likeness (QED) is 0.110. The summed E-state index contributed by atoms with van der Waals surface area (Å²) in [5.74, 6) is -1.15. The molecule has 0 fully saturated rings. The molecule has 2 aromatic carbocycles. The summed E-state index contributed by atoms with van der Waals surface area (Å²) in [7, 11) is 0. The number of phenolic OH excluding ortho intramolecular Hbond substituents is 1. The summed E-state index contributed by atoms with van der Waals surface area (Å²) in [6.07, 6.45) is -2.32. The summed E-state index contributed by atoms with van der Waals surface area (Å²) in [4.78, 5) is 43.3. The molecule has 45 heavy (non-hydrogen) atoms. The summed E-state index contributed by atoms with van der Waals surface area (Å²) < 4.78 is 48.3. The van der Waals surface area contributed by atoms with Gasteiger partial charge in [-0.05, 0) is 86.6 Å². The first kappa shape index (κ1) is 35.2. The number of aromatic nitrogens is 2. The van der Waals surface area contributed by atoms with Crippen molar-refractivity contribution >= 4 is 71.7 Å². The number of carbonyl (C=O) groups is 3. The van der Waals surface area contributed by atoms with Crippen molar-refractivity contribution in [1.29, 1.82) is 0 Å². The molecule has 0 atom stereocenters. The molecule has 244 valence electrons. The zero-order valence-corrected chi connectivity index (χ0v) is 27.7. The molecule has 0 aliphatic carbocycles. The van der Waals surface area contributed by atoms with Gasteiger partial charge in [-0.2, -0.15) is 0 Å². The lowest BCUT2D eigenvalue weighted by molar-refractivity contribution is 0.0208. The van der Waals surface area contributed by atoms with Crippen LogP contribution in [0.5, 0.6) is 11.5 Å². The summed E-state index contributed by atoms with van der Waals surface area (Å²) in [6.45, 7) is 15.4. The van der Waals surface area contributed by atoms with Gasteiger partial charge in [0.05, 0.1) is 9.40 Å². The Hall–Kier alpha value is -4.31. The number of phenols is 1. The zero-order chi connectivity index (χ0) is 33.9. The lowest BCUT2D eigenvalue weighted by atomic mass is 10.2. The number of aromatic hydroxyl groups is 1. The third kappa shape index (κ3) is 10.7. The van der Waals surface area contributed by atoms with Gasteiger partial charge in [-0.15, -0.1) is 0 Å². The van der Waals surface area contributed by atoms with Crippen molar-refractivity contribution in [2.24, 2.45) is 0 Å². The third-order valence-electron chi connectivity index (χ3n) is 4.73. The van der Waals surface area contributed by atoms with Crippen LogP contribution in [0.25, 0.3) is 20.4 Å². The highest BCUT2D eigenvalue weighted by atomic mass is 32.1. The number of thiazole rings is 2. The summed E-state index contributed by atoms with van der Waals surface area (Å²) in [5.41, 5.74) is -1.82. The highest BCUT2D eigenvalue weighted by molar-refractivity contribution is 7.22. The Kier molecular flexibility index (Phi) is 10.4. The van der Waals surface area contributed by atoms with Gasteiger partial charge in [0.15, 0.2) is 16.0 Å². The number of amides is 2. The van der Waals surface area contributed by atoms with E-state index in [4.69, 9.17) is 18.9 Å². The molecule has 0 aliphatic heterocycles. The van der Waals surface area contributed by atoms with E-state index in [0.717, 1.165) is 34.8 Å². The Balaban J connectivity index is 0.000000257. The topological polar surface area (TPSA) is 158 Å². The molecule has 0 saturated carbocycles. The zero-order valence-electron chi connectivity index (χ0n) is 26.1. The predicted molar refractivity (Wildman–Crippen MR) is 167 cm³/mol. The summed E-state index contributed by atoms with van der Waals surface area (Å²) >= 11 is 1.84. The average Bonchev–Trinajstić information content (AvgIpc) is 3.46. The second kappa shape index (κ2) is 13.4. The SMILES string of the molecule is CC(C)(C)OC(=O)Nc1nc2c(O)ccc(F)c2s1.CC(C)(C)OC(=O)Nc1nc2c(OC(=O)OC(C)(C)C)ccc(F)c2s1. The van der Waals surface area contributed by atoms with E-state index >= 15 is 0 Å². The number of nitrogens with one attached hydrogen (secondary N) is 2. The fraction of sp³-hybridized carbons (Fsp3) is 0.414. The van der Waals surface area contributed by atoms with E-state index in [1.165, 1.54) is 12.1 Å². The van der Waals surface area contributed by atoms with Gasteiger partial charge in [0.25, 0.3) is 0 Å². The standard InChI is InChI=1S/C17H21FN2O5S.C12H13FN2O3S/c1-16(2,3)24-14(21)20-13-19-11-10(8-7-9(18)12(11)26-13)23-15(22)25-17(4,5)6;1-12(2,3)18-11(17)15-10-14-8-7(16)5-4-6(13)9(8)19-10/h7-8H,1-6H3,(H,19,20,21);4-5,16H,1-3H3,(H,14,15,17). The molecule has 12 nitrogen and oxygen atoms in total.